The van der Waals surface area contributed by atoms with Crippen LogP contribution in [-0.4, -0.2) is 21.3 Å². The van der Waals surface area contributed by atoms with Gasteiger partial charge in [-0.3, -0.25) is 4.79 Å². The Kier molecular flexibility index (Phi) is 2.66. The molecule has 1 aromatic heterocycles. The van der Waals surface area contributed by atoms with Gasteiger partial charge in [0.2, 0.25) is 0 Å². The molecule has 0 saturated heterocycles. The molecule has 0 spiro atoms. The first-order valence-corrected chi connectivity index (χ1v) is 4.56. The Hall–Kier alpha value is -2.18. The molecule has 2 aromatic rings. The van der Waals surface area contributed by atoms with E-state index in [2.05, 4.69) is 10.3 Å². The van der Waals surface area contributed by atoms with Crippen LogP contribution < -0.4 is 0 Å². The van der Waals surface area contributed by atoms with E-state index < -0.39 is 11.9 Å². The summed E-state index contributed by atoms with van der Waals surface area (Å²) in [6.45, 7) is 0. The van der Waals surface area contributed by atoms with Crippen LogP contribution in [0.25, 0.3) is 5.69 Å². The average Bonchev–Trinajstić information content (AvgIpc) is 2.78. The number of carbonyl (C=O) groups is 1. The molecule has 0 atom stereocenters. The highest BCUT2D eigenvalue weighted by Gasteiger charge is 2.34. The molecule has 2 rings (SSSR count). The maximum Gasteiger partial charge on any atom is 0.436 e. The van der Waals surface area contributed by atoms with E-state index in [1.165, 1.54) is 18.2 Å². The van der Waals surface area contributed by atoms with E-state index in [1.54, 1.807) is 6.07 Å². The zero-order valence-corrected chi connectivity index (χ0v) is 8.35. The van der Waals surface area contributed by atoms with Gasteiger partial charge in [0.1, 0.15) is 6.29 Å². The average molecular weight is 241 g/mol. The fraction of sp³-hybridized carbons (Fsp3) is 0.100. The van der Waals surface area contributed by atoms with Gasteiger partial charge in [0.25, 0.3) is 0 Å². The standard InChI is InChI=1S/C10H6F3N3O/c11-10(12,13)9-5-16(15-14-9)8-3-1-2-7(4-8)6-17/h1-6H. The van der Waals surface area contributed by atoms with Gasteiger partial charge < -0.3 is 0 Å². The van der Waals surface area contributed by atoms with Crippen LogP contribution in [0.1, 0.15) is 16.1 Å². The molecule has 0 saturated carbocycles. The highest BCUT2D eigenvalue weighted by atomic mass is 19.4. The summed E-state index contributed by atoms with van der Waals surface area (Å²) >= 11 is 0. The molecule has 0 N–H and O–H groups in total. The summed E-state index contributed by atoms with van der Waals surface area (Å²) in [6, 6.07) is 6.04. The number of hydrogen-bond donors (Lipinski definition) is 0. The Morgan fingerprint density at radius 2 is 2.06 bits per heavy atom. The molecule has 0 radical (unpaired) electrons. The number of benzene rings is 1. The van der Waals surface area contributed by atoms with Crippen LogP contribution in [0.3, 0.4) is 0 Å². The summed E-state index contributed by atoms with van der Waals surface area (Å²) in [6.07, 6.45) is -3.16. The maximum absolute atomic E-state index is 12.3. The second kappa shape index (κ2) is 4.00. The molecule has 17 heavy (non-hydrogen) atoms. The first-order chi connectivity index (χ1) is 8.00. The normalized spacial score (nSPS) is 11.5. The summed E-state index contributed by atoms with van der Waals surface area (Å²) < 4.78 is 37.8. The Balaban J connectivity index is 2.40. The lowest BCUT2D eigenvalue weighted by molar-refractivity contribution is -0.141. The molecule has 0 aliphatic carbocycles. The van der Waals surface area contributed by atoms with Crippen molar-refractivity contribution >= 4 is 6.29 Å². The monoisotopic (exact) mass is 241 g/mol. The molecule has 0 aliphatic rings. The molecule has 1 heterocycles. The second-order valence-electron chi connectivity index (χ2n) is 3.26. The number of carbonyl (C=O) groups excluding carboxylic acids is 1. The molecular formula is C10H6F3N3O. The SMILES string of the molecule is O=Cc1cccc(-n2cc(C(F)(F)F)nn2)c1. The van der Waals surface area contributed by atoms with Crippen molar-refractivity contribution in [3.63, 3.8) is 0 Å². The summed E-state index contributed by atoms with van der Waals surface area (Å²) in [5, 5.41) is 6.38. The van der Waals surface area contributed by atoms with E-state index in [1.807, 2.05) is 0 Å². The van der Waals surface area contributed by atoms with Crippen molar-refractivity contribution in [2.24, 2.45) is 0 Å². The van der Waals surface area contributed by atoms with Crippen molar-refractivity contribution in [1.82, 2.24) is 15.0 Å². The van der Waals surface area contributed by atoms with Crippen LogP contribution in [-0.2, 0) is 6.18 Å². The Morgan fingerprint density at radius 3 is 2.65 bits per heavy atom. The van der Waals surface area contributed by atoms with E-state index in [0.717, 1.165) is 10.9 Å². The van der Waals surface area contributed by atoms with Crippen molar-refractivity contribution in [2.75, 3.05) is 0 Å². The predicted molar refractivity (Wildman–Crippen MR) is 51.7 cm³/mol. The highest BCUT2D eigenvalue weighted by molar-refractivity contribution is 5.75. The van der Waals surface area contributed by atoms with Gasteiger partial charge >= 0.3 is 6.18 Å². The van der Waals surface area contributed by atoms with Gasteiger partial charge in [-0.1, -0.05) is 17.3 Å². The van der Waals surface area contributed by atoms with Crippen LogP contribution in [0.4, 0.5) is 13.2 Å². The largest absolute Gasteiger partial charge is 0.436 e. The minimum absolute atomic E-state index is 0.345. The molecule has 0 unspecified atom stereocenters. The van der Waals surface area contributed by atoms with Crippen molar-refractivity contribution in [3.8, 4) is 5.69 Å². The van der Waals surface area contributed by atoms with E-state index in [9.17, 15) is 18.0 Å². The number of halogens is 3. The number of alkyl halides is 3. The van der Waals surface area contributed by atoms with Crippen LogP contribution in [0, 0.1) is 0 Å². The molecule has 0 aliphatic heterocycles. The molecular weight excluding hydrogens is 235 g/mol. The molecule has 1 aromatic carbocycles. The Morgan fingerprint density at radius 1 is 1.29 bits per heavy atom. The molecule has 0 amide bonds. The minimum atomic E-state index is -4.53. The smallest absolute Gasteiger partial charge is 0.298 e. The van der Waals surface area contributed by atoms with Gasteiger partial charge in [-0.05, 0) is 12.1 Å². The van der Waals surface area contributed by atoms with Gasteiger partial charge in [-0.2, -0.15) is 13.2 Å². The first kappa shape index (κ1) is 11.3. The van der Waals surface area contributed by atoms with E-state index in [0.29, 0.717) is 17.5 Å². The minimum Gasteiger partial charge on any atom is -0.298 e. The molecule has 0 bridgehead atoms. The van der Waals surface area contributed by atoms with Gasteiger partial charge in [-0.25, -0.2) is 4.68 Å². The fourth-order valence-electron chi connectivity index (χ4n) is 1.26. The van der Waals surface area contributed by atoms with Gasteiger partial charge in [0, 0.05) is 5.56 Å². The molecule has 88 valence electrons. The van der Waals surface area contributed by atoms with Crippen LogP contribution in [0.5, 0.6) is 0 Å². The number of hydrogen-bond acceptors (Lipinski definition) is 3. The predicted octanol–water partition coefficient (Wildman–Crippen LogP) is 2.10. The number of aromatic nitrogens is 3. The van der Waals surface area contributed by atoms with Gasteiger partial charge in [-0.15, -0.1) is 5.10 Å². The Labute approximate surface area is 93.7 Å². The first-order valence-electron chi connectivity index (χ1n) is 4.56. The second-order valence-corrected chi connectivity index (χ2v) is 3.26. The summed E-state index contributed by atoms with van der Waals surface area (Å²) in [4.78, 5) is 10.5. The zero-order valence-electron chi connectivity index (χ0n) is 8.35. The van der Waals surface area contributed by atoms with Crippen molar-refractivity contribution < 1.29 is 18.0 Å². The number of rotatable bonds is 2. The highest BCUT2D eigenvalue weighted by Crippen LogP contribution is 2.27. The lowest BCUT2D eigenvalue weighted by atomic mass is 10.2. The van der Waals surface area contributed by atoms with Gasteiger partial charge in [0.15, 0.2) is 5.69 Å². The lowest BCUT2D eigenvalue weighted by Gasteiger charge is -2.00. The van der Waals surface area contributed by atoms with Crippen LogP contribution in [0.2, 0.25) is 0 Å². The molecule has 7 heteroatoms. The van der Waals surface area contributed by atoms with E-state index in [-0.39, 0.29) is 0 Å². The number of aldehydes is 1. The summed E-state index contributed by atoms with van der Waals surface area (Å²) in [7, 11) is 0. The summed E-state index contributed by atoms with van der Waals surface area (Å²) in [5.41, 5.74) is -0.377. The third-order valence-electron chi connectivity index (χ3n) is 2.05. The zero-order chi connectivity index (χ0) is 12.5. The van der Waals surface area contributed by atoms with E-state index >= 15 is 0 Å². The third-order valence-corrected chi connectivity index (χ3v) is 2.05. The van der Waals surface area contributed by atoms with E-state index in [4.69, 9.17) is 0 Å². The Bertz CT molecular complexity index is 548. The van der Waals surface area contributed by atoms with Crippen molar-refractivity contribution in [2.45, 2.75) is 6.18 Å². The maximum atomic E-state index is 12.3. The lowest BCUT2D eigenvalue weighted by Crippen LogP contribution is -2.04. The topological polar surface area (TPSA) is 47.8 Å². The van der Waals surface area contributed by atoms with Crippen LogP contribution >= 0.6 is 0 Å². The molecule has 0 fully saturated rings. The quantitative estimate of drug-likeness (QED) is 0.756. The number of nitrogens with zero attached hydrogens (tertiary/aromatic N) is 3. The summed E-state index contributed by atoms with van der Waals surface area (Å²) in [5.74, 6) is 0. The molecule has 4 nitrogen and oxygen atoms in total. The van der Waals surface area contributed by atoms with Crippen molar-refractivity contribution in [3.05, 3.63) is 41.7 Å². The van der Waals surface area contributed by atoms with Gasteiger partial charge in [0.05, 0.1) is 11.9 Å². The van der Waals surface area contributed by atoms with Crippen LogP contribution in [0.15, 0.2) is 30.5 Å². The third kappa shape index (κ3) is 2.32. The fourth-order valence-corrected chi connectivity index (χ4v) is 1.26. The van der Waals surface area contributed by atoms with Crippen molar-refractivity contribution in [1.29, 1.82) is 0 Å².